The van der Waals surface area contributed by atoms with Crippen LogP contribution in [0.5, 0.6) is 0 Å². The minimum atomic E-state index is -1.36. The van der Waals surface area contributed by atoms with E-state index < -0.39 is 29.0 Å². The molecule has 0 bridgehead atoms. The van der Waals surface area contributed by atoms with Gasteiger partial charge in [0.2, 0.25) is 0 Å². The predicted molar refractivity (Wildman–Crippen MR) is 69.0 cm³/mol. The highest BCUT2D eigenvalue weighted by molar-refractivity contribution is 6.02. The molecule has 2 rings (SSSR count). The van der Waals surface area contributed by atoms with Crippen molar-refractivity contribution in [1.29, 1.82) is 0 Å². The molecule has 20 heavy (non-hydrogen) atoms. The van der Waals surface area contributed by atoms with Crippen LogP contribution >= 0.6 is 0 Å². The van der Waals surface area contributed by atoms with Crippen molar-refractivity contribution in [2.24, 2.45) is 5.73 Å². The van der Waals surface area contributed by atoms with Crippen molar-refractivity contribution in [3.63, 3.8) is 0 Å². The van der Waals surface area contributed by atoms with Gasteiger partial charge in [0.1, 0.15) is 5.82 Å². The van der Waals surface area contributed by atoms with Crippen LogP contribution in [0.3, 0.4) is 0 Å². The summed E-state index contributed by atoms with van der Waals surface area (Å²) < 4.78 is 39.8. The quantitative estimate of drug-likeness (QED) is 0.597. The third-order valence-electron chi connectivity index (χ3n) is 2.61. The third kappa shape index (κ3) is 2.51. The molecule has 0 atom stereocenters. The van der Waals surface area contributed by atoms with E-state index in [0.29, 0.717) is 6.07 Å². The summed E-state index contributed by atoms with van der Waals surface area (Å²) in [5.74, 6) is -4.42. The molecular weight excluding hydrogens is 271 g/mol. The van der Waals surface area contributed by atoms with Crippen molar-refractivity contribution in [1.82, 2.24) is 0 Å². The van der Waals surface area contributed by atoms with Crippen molar-refractivity contribution in [3.05, 3.63) is 53.3 Å². The summed E-state index contributed by atoms with van der Waals surface area (Å²) in [5, 5.41) is 2.39. The van der Waals surface area contributed by atoms with Crippen molar-refractivity contribution in [2.75, 3.05) is 11.1 Å². The third-order valence-corrected chi connectivity index (χ3v) is 2.61. The van der Waals surface area contributed by atoms with Gasteiger partial charge in [-0.05, 0) is 12.1 Å². The zero-order valence-electron chi connectivity index (χ0n) is 10.1. The minimum Gasteiger partial charge on any atom is -0.397 e. The van der Waals surface area contributed by atoms with E-state index in [-0.39, 0.29) is 16.9 Å². The number of amides is 1. The second-order valence-corrected chi connectivity index (χ2v) is 4.01. The van der Waals surface area contributed by atoms with E-state index in [2.05, 4.69) is 5.32 Å². The first kappa shape index (κ1) is 13.7. The molecule has 0 aliphatic rings. The largest absolute Gasteiger partial charge is 0.397 e. The Morgan fingerprint density at radius 2 is 1.85 bits per heavy atom. The van der Waals surface area contributed by atoms with Crippen molar-refractivity contribution in [2.45, 2.75) is 0 Å². The van der Waals surface area contributed by atoms with Crippen LogP contribution in [0.4, 0.5) is 30.2 Å². The number of nitrogens with one attached hydrogen (secondary N) is 1. The van der Waals surface area contributed by atoms with Gasteiger partial charge >= 0.3 is 0 Å². The highest BCUT2D eigenvalue weighted by Gasteiger charge is 2.16. The zero-order chi connectivity index (χ0) is 14.9. The predicted octanol–water partition coefficient (Wildman–Crippen LogP) is 2.53. The maximum Gasteiger partial charge on any atom is 0.250 e. The summed E-state index contributed by atoms with van der Waals surface area (Å²) in [4.78, 5) is 11.3. The average Bonchev–Trinajstić information content (AvgIpc) is 2.37. The van der Waals surface area contributed by atoms with Crippen molar-refractivity contribution in [3.8, 4) is 0 Å². The van der Waals surface area contributed by atoms with Gasteiger partial charge in [-0.2, -0.15) is 0 Å². The number of para-hydroxylation sites is 1. The van der Waals surface area contributed by atoms with E-state index in [4.69, 9.17) is 11.5 Å². The SMILES string of the molecule is NC(=O)c1cccc(N)c1Nc1cc(F)cc(F)c1F. The van der Waals surface area contributed by atoms with Gasteiger partial charge in [0, 0.05) is 12.1 Å². The number of halogens is 3. The molecule has 0 unspecified atom stereocenters. The summed E-state index contributed by atoms with van der Waals surface area (Å²) in [6, 6.07) is 5.42. The van der Waals surface area contributed by atoms with Gasteiger partial charge in [-0.3, -0.25) is 4.79 Å². The number of carbonyl (C=O) groups is 1. The van der Waals surface area contributed by atoms with Crippen molar-refractivity contribution >= 4 is 23.0 Å². The molecule has 0 aliphatic heterocycles. The number of hydrogen-bond donors (Lipinski definition) is 3. The molecule has 0 saturated heterocycles. The fraction of sp³-hybridized carbons (Fsp3) is 0. The Balaban J connectivity index is 2.53. The van der Waals surface area contributed by atoms with Gasteiger partial charge in [0.15, 0.2) is 11.6 Å². The molecule has 2 aromatic rings. The molecule has 0 fully saturated rings. The van der Waals surface area contributed by atoms with Crippen LogP contribution in [0.1, 0.15) is 10.4 Å². The number of benzene rings is 2. The van der Waals surface area contributed by atoms with Crippen LogP contribution in [-0.4, -0.2) is 5.91 Å². The van der Waals surface area contributed by atoms with E-state index in [0.717, 1.165) is 6.07 Å². The lowest BCUT2D eigenvalue weighted by atomic mass is 10.1. The molecule has 1 amide bonds. The number of anilines is 3. The smallest absolute Gasteiger partial charge is 0.250 e. The van der Waals surface area contributed by atoms with Gasteiger partial charge < -0.3 is 16.8 Å². The lowest BCUT2D eigenvalue weighted by molar-refractivity contribution is 0.100. The van der Waals surface area contributed by atoms with Crippen molar-refractivity contribution < 1.29 is 18.0 Å². The normalized spacial score (nSPS) is 10.3. The Morgan fingerprint density at radius 3 is 2.50 bits per heavy atom. The van der Waals surface area contributed by atoms with Gasteiger partial charge in [-0.1, -0.05) is 6.07 Å². The first-order chi connectivity index (χ1) is 9.40. The highest BCUT2D eigenvalue weighted by Crippen LogP contribution is 2.29. The average molecular weight is 281 g/mol. The molecule has 0 aliphatic carbocycles. The minimum absolute atomic E-state index is 0.0103. The molecule has 104 valence electrons. The van der Waals surface area contributed by atoms with E-state index >= 15 is 0 Å². The summed E-state index contributed by atoms with van der Waals surface area (Å²) in [7, 11) is 0. The van der Waals surface area contributed by atoms with E-state index in [1.165, 1.54) is 18.2 Å². The Hall–Kier alpha value is -2.70. The fourth-order valence-electron chi connectivity index (χ4n) is 1.70. The van der Waals surface area contributed by atoms with Crippen LogP contribution in [-0.2, 0) is 0 Å². The standard InChI is InChI=1S/C13H10F3N3O/c14-6-4-8(15)11(16)10(5-6)19-12-7(13(18)20)2-1-3-9(12)17/h1-5,19H,17H2,(H2,18,20). The molecule has 0 spiro atoms. The van der Waals surface area contributed by atoms with Crippen LogP contribution in [0, 0.1) is 17.5 Å². The molecular formula is C13H10F3N3O. The molecule has 2 aromatic carbocycles. The Morgan fingerprint density at radius 1 is 1.15 bits per heavy atom. The van der Waals surface area contributed by atoms with Gasteiger partial charge in [-0.25, -0.2) is 13.2 Å². The van der Waals surface area contributed by atoms with Crippen LogP contribution in [0.25, 0.3) is 0 Å². The number of rotatable bonds is 3. The molecule has 0 saturated carbocycles. The van der Waals surface area contributed by atoms with Crippen LogP contribution in [0.2, 0.25) is 0 Å². The monoisotopic (exact) mass is 281 g/mol. The molecule has 0 heterocycles. The molecule has 4 nitrogen and oxygen atoms in total. The van der Waals surface area contributed by atoms with E-state index in [1.807, 2.05) is 0 Å². The fourth-order valence-corrected chi connectivity index (χ4v) is 1.70. The van der Waals surface area contributed by atoms with E-state index in [1.54, 1.807) is 0 Å². The molecule has 0 aromatic heterocycles. The topological polar surface area (TPSA) is 81.1 Å². The Bertz CT molecular complexity index is 689. The second-order valence-electron chi connectivity index (χ2n) is 4.01. The summed E-state index contributed by atoms with van der Waals surface area (Å²) in [6.45, 7) is 0. The molecule has 7 heteroatoms. The van der Waals surface area contributed by atoms with Gasteiger partial charge in [0.05, 0.1) is 22.6 Å². The number of hydrogen-bond acceptors (Lipinski definition) is 3. The number of nitrogens with two attached hydrogens (primary N) is 2. The van der Waals surface area contributed by atoms with Crippen LogP contribution in [0.15, 0.2) is 30.3 Å². The maximum absolute atomic E-state index is 13.6. The van der Waals surface area contributed by atoms with E-state index in [9.17, 15) is 18.0 Å². The molecule has 5 N–H and O–H groups in total. The Labute approximate surface area is 112 Å². The zero-order valence-corrected chi connectivity index (χ0v) is 10.1. The number of nitrogen functional groups attached to an aromatic ring is 1. The van der Waals surface area contributed by atoms with Gasteiger partial charge in [0.25, 0.3) is 5.91 Å². The lowest BCUT2D eigenvalue weighted by Gasteiger charge is -2.13. The summed E-state index contributed by atoms with van der Waals surface area (Å²) in [6.07, 6.45) is 0. The molecule has 0 radical (unpaired) electrons. The number of carbonyl (C=O) groups excluding carboxylic acids is 1. The lowest BCUT2D eigenvalue weighted by Crippen LogP contribution is -2.14. The Kier molecular flexibility index (Phi) is 3.51. The highest BCUT2D eigenvalue weighted by atomic mass is 19.2. The summed E-state index contributed by atoms with van der Waals surface area (Å²) >= 11 is 0. The first-order valence-corrected chi connectivity index (χ1v) is 5.50. The first-order valence-electron chi connectivity index (χ1n) is 5.50. The maximum atomic E-state index is 13.6. The second kappa shape index (κ2) is 5.12. The summed E-state index contributed by atoms with van der Waals surface area (Å²) in [5.41, 5.74) is 10.4. The van der Waals surface area contributed by atoms with Crippen LogP contribution < -0.4 is 16.8 Å². The van der Waals surface area contributed by atoms with Gasteiger partial charge in [-0.15, -0.1) is 0 Å². The number of primary amides is 1.